The number of allylic oxidation sites excluding steroid dienone is 3. The molecule has 0 amide bonds. The number of fused-ring (bicyclic) bond motifs is 2. The number of unbranched alkanes of at least 4 members (excludes halogenated alkanes) is 3. The molecule has 3 rings (SSSR count). The molecule has 0 spiro atoms. The molecule has 0 aromatic carbocycles. The zero-order valence-electron chi connectivity index (χ0n) is 17.6. The van der Waals surface area contributed by atoms with E-state index in [9.17, 15) is 9.90 Å². The van der Waals surface area contributed by atoms with Crippen LogP contribution in [0, 0.1) is 29.1 Å². The van der Waals surface area contributed by atoms with Gasteiger partial charge in [-0.15, -0.1) is 0 Å². The van der Waals surface area contributed by atoms with Gasteiger partial charge in [-0.05, 0) is 67.6 Å². The van der Waals surface area contributed by atoms with Crippen LogP contribution in [0.5, 0.6) is 0 Å². The van der Waals surface area contributed by atoms with Gasteiger partial charge in [0.25, 0.3) is 0 Å². The summed E-state index contributed by atoms with van der Waals surface area (Å²) < 4.78 is 0. The molecule has 3 fully saturated rings. The Hall–Kier alpha value is -1.09. The fraction of sp³-hybridized carbons (Fsp3) is 0.792. The maximum Gasteiger partial charge on any atom is 0.303 e. The van der Waals surface area contributed by atoms with E-state index in [0.29, 0.717) is 17.3 Å². The molecule has 0 heterocycles. The lowest BCUT2D eigenvalue weighted by atomic mass is 9.43. The first-order valence-electron chi connectivity index (χ1n) is 11.1. The topological polar surface area (TPSA) is 57.5 Å². The van der Waals surface area contributed by atoms with Gasteiger partial charge in [-0.2, -0.15) is 0 Å². The van der Waals surface area contributed by atoms with Crippen LogP contribution in [0.1, 0.15) is 85.0 Å². The van der Waals surface area contributed by atoms with Gasteiger partial charge in [-0.3, -0.25) is 4.79 Å². The van der Waals surface area contributed by atoms with Crippen LogP contribution in [-0.4, -0.2) is 22.3 Å². The van der Waals surface area contributed by atoms with Gasteiger partial charge in [0.05, 0.1) is 6.10 Å². The van der Waals surface area contributed by atoms with Gasteiger partial charge < -0.3 is 10.2 Å². The van der Waals surface area contributed by atoms with Crippen LogP contribution in [0.2, 0.25) is 0 Å². The number of carboxylic acids is 1. The first kappa shape index (κ1) is 22.2. The standard InChI is InChI=1S/C24H40O3/c1-4-5-8-11-20(25)15-14-18-16-19-17-22(24(19,2)3)21(18)12-9-6-7-10-13-23(26)27/h6,9,14-15,18-22,25H,4-5,7-8,10-13,16-17H2,1-3H3,(H,26,27)/b9-6+,15-14?/t18-,19-,20+,21+,22-/m0/s1. The molecule has 5 atom stereocenters. The van der Waals surface area contributed by atoms with E-state index >= 15 is 0 Å². The van der Waals surface area contributed by atoms with E-state index in [1.165, 1.54) is 25.7 Å². The second-order valence-electron chi connectivity index (χ2n) is 9.37. The first-order valence-corrected chi connectivity index (χ1v) is 11.1. The summed E-state index contributed by atoms with van der Waals surface area (Å²) in [5.74, 6) is 2.11. The van der Waals surface area contributed by atoms with E-state index in [1.807, 2.05) is 0 Å². The zero-order valence-corrected chi connectivity index (χ0v) is 17.6. The molecular weight excluding hydrogens is 336 g/mol. The number of aliphatic hydroxyl groups is 1. The molecule has 3 saturated carbocycles. The Bertz CT molecular complexity index is 520. The van der Waals surface area contributed by atoms with Crippen LogP contribution in [0.25, 0.3) is 0 Å². The predicted molar refractivity (Wildman–Crippen MR) is 112 cm³/mol. The van der Waals surface area contributed by atoms with E-state index in [-0.39, 0.29) is 12.5 Å². The minimum atomic E-state index is -0.708. The number of aliphatic hydroxyl groups excluding tert-OH is 1. The Kier molecular flexibility index (Phi) is 8.60. The maximum absolute atomic E-state index is 10.6. The van der Waals surface area contributed by atoms with Gasteiger partial charge in [-0.1, -0.05) is 64.3 Å². The van der Waals surface area contributed by atoms with Crippen LogP contribution in [0.4, 0.5) is 0 Å². The van der Waals surface area contributed by atoms with Crippen molar-refractivity contribution in [2.45, 2.75) is 91.1 Å². The summed E-state index contributed by atoms with van der Waals surface area (Å²) in [4.78, 5) is 10.6. The third-order valence-corrected chi connectivity index (χ3v) is 7.19. The highest BCUT2D eigenvalue weighted by Crippen LogP contribution is 2.64. The van der Waals surface area contributed by atoms with E-state index < -0.39 is 5.97 Å². The van der Waals surface area contributed by atoms with Gasteiger partial charge in [0.2, 0.25) is 0 Å². The van der Waals surface area contributed by atoms with Crippen LogP contribution < -0.4 is 0 Å². The van der Waals surface area contributed by atoms with Crippen molar-refractivity contribution in [2.24, 2.45) is 29.1 Å². The molecule has 0 saturated heterocycles. The van der Waals surface area contributed by atoms with E-state index in [1.54, 1.807) is 0 Å². The molecule has 0 radical (unpaired) electrons. The summed E-state index contributed by atoms with van der Waals surface area (Å²) >= 11 is 0. The highest BCUT2D eigenvalue weighted by atomic mass is 16.4. The second-order valence-corrected chi connectivity index (χ2v) is 9.37. The molecule has 27 heavy (non-hydrogen) atoms. The van der Waals surface area contributed by atoms with Gasteiger partial charge in [0, 0.05) is 6.42 Å². The van der Waals surface area contributed by atoms with Crippen LogP contribution in [0.15, 0.2) is 24.3 Å². The Balaban J connectivity index is 1.88. The number of carboxylic acid groups (broad SMARTS) is 1. The van der Waals surface area contributed by atoms with Gasteiger partial charge in [0.15, 0.2) is 0 Å². The average Bonchev–Trinajstić information content (AvgIpc) is 2.62. The fourth-order valence-corrected chi connectivity index (χ4v) is 5.26. The largest absolute Gasteiger partial charge is 0.481 e. The van der Waals surface area contributed by atoms with Crippen molar-refractivity contribution in [1.29, 1.82) is 0 Å². The van der Waals surface area contributed by atoms with Crippen molar-refractivity contribution < 1.29 is 15.0 Å². The van der Waals surface area contributed by atoms with Gasteiger partial charge in [0.1, 0.15) is 0 Å². The van der Waals surface area contributed by atoms with Gasteiger partial charge >= 0.3 is 5.97 Å². The molecule has 3 aliphatic carbocycles. The molecule has 2 bridgehead atoms. The summed E-state index contributed by atoms with van der Waals surface area (Å²) in [6.45, 7) is 7.04. The molecule has 0 aromatic rings. The summed E-state index contributed by atoms with van der Waals surface area (Å²) in [5, 5.41) is 19.0. The Morgan fingerprint density at radius 2 is 1.96 bits per heavy atom. The zero-order chi connectivity index (χ0) is 19.9. The maximum atomic E-state index is 10.6. The first-order chi connectivity index (χ1) is 12.9. The number of carbonyl (C=O) groups is 1. The van der Waals surface area contributed by atoms with E-state index in [4.69, 9.17) is 5.11 Å². The van der Waals surface area contributed by atoms with Crippen molar-refractivity contribution in [1.82, 2.24) is 0 Å². The second kappa shape index (κ2) is 10.5. The molecule has 3 heteroatoms. The Morgan fingerprint density at radius 1 is 1.19 bits per heavy atom. The molecule has 2 N–H and O–H groups in total. The highest BCUT2D eigenvalue weighted by molar-refractivity contribution is 5.66. The predicted octanol–water partition coefficient (Wildman–Crippen LogP) is 5.98. The van der Waals surface area contributed by atoms with Crippen molar-refractivity contribution in [3.63, 3.8) is 0 Å². The molecule has 0 aliphatic heterocycles. The fourth-order valence-electron chi connectivity index (χ4n) is 5.26. The van der Waals surface area contributed by atoms with Crippen LogP contribution in [0.3, 0.4) is 0 Å². The third-order valence-electron chi connectivity index (χ3n) is 7.19. The van der Waals surface area contributed by atoms with Crippen LogP contribution in [-0.2, 0) is 4.79 Å². The van der Waals surface area contributed by atoms with Crippen molar-refractivity contribution in [3.05, 3.63) is 24.3 Å². The number of hydrogen-bond donors (Lipinski definition) is 2. The minimum absolute atomic E-state index is 0.256. The number of hydrogen-bond acceptors (Lipinski definition) is 2. The lowest BCUT2D eigenvalue weighted by Crippen LogP contribution is -2.55. The number of aliphatic carboxylic acids is 1. The lowest BCUT2D eigenvalue weighted by molar-refractivity contribution is -0.137. The molecule has 154 valence electrons. The smallest absolute Gasteiger partial charge is 0.303 e. The molecule has 3 nitrogen and oxygen atoms in total. The summed E-state index contributed by atoms with van der Waals surface area (Å²) in [6, 6.07) is 0. The molecule has 3 aliphatic rings. The minimum Gasteiger partial charge on any atom is -0.481 e. The van der Waals surface area contributed by atoms with E-state index in [0.717, 1.165) is 43.9 Å². The quantitative estimate of drug-likeness (QED) is 0.325. The van der Waals surface area contributed by atoms with Crippen molar-refractivity contribution in [3.8, 4) is 0 Å². The normalized spacial score (nSPS) is 30.5. The Morgan fingerprint density at radius 3 is 2.63 bits per heavy atom. The van der Waals surface area contributed by atoms with Gasteiger partial charge in [-0.25, -0.2) is 0 Å². The van der Waals surface area contributed by atoms with Crippen molar-refractivity contribution in [2.75, 3.05) is 0 Å². The Labute approximate surface area is 165 Å². The van der Waals surface area contributed by atoms with Crippen molar-refractivity contribution >= 4 is 5.97 Å². The summed E-state index contributed by atoms with van der Waals surface area (Å²) in [6.07, 6.45) is 18.4. The summed E-state index contributed by atoms with van der Waals surface area (Å²) in [7, 11) is 0. The SMILES string of the molecule is CCCCC[C@@H](O)C=C[C@H]1C[C@H]2C[C@@H]([C@@H]1C/C=C/CCCC(=O)O)C2(C)C. The molecule has 0 unspecified atom stereocenters. The summed E-state index contributed by atoms with van der Waals surface area (Å²) in [5.41, 5.74) is 0.450. The third kappa shape index (κ3) is 6.20. The van der Waals surface area contributed by atoms with E-state index in [2.05, 4.69) is 45.1 Å². The molecule has 0 aromatic heterocycles. The highest BCUT2D eigenvalue weighted by Gasteiger charge is 2.56. The van der Waals surface area contributed by atoms with Crippen LogP contribution >= 0.6 is 0 Å². The monoisotopic (exact) mass is 376 g/mol. The lowest BCUT2D eigenvalue weighted by Gasteiger charge is -2.62. The number of rotatable bonds is 12. The molecular formula is C24H40O3. The average molecular weight is 377 g/mol.